The van der Waals surface area contributed by atoms with Crippen LogP contribution in [0.3, 0.4) is 0 Å². The lowest BCUT2D eigenvalue weighted by atomic mass is 9.86. The summed E-state index contributed by atoms with van der Waals surface area (Å²) in [7, 11) is 0. The molecule has 2 aromatic rings. The molecular weight excluding hydrogens is 346 g/mol. The highest BCUT2D eigenvalue weighted by atomic mass is 15.2. The fourth-order valence-corrected chi connectivity index (χ4v) is 4.72. The summed E-state index contributed by atoms with van der Waals surface area (Å²) in [6.07, 6.45) is 15.9. The maximum absolute atomic E-state index is 4.96. The van der Waals surface area contributed by atoms with Crippen LogP contribution in [0.15, 0.2) is 53.7 Å². The number of piperidine rings is 1. The van der Waals surface area contributed by atoms with E-state index in [1.54, 1.807) is 0 Å². The van der Waals surface area contributed by atoms with Crippen molar-refractivity contribution >= 4 is 5.71 Å². The number of rotatable bonds is 6. The van der Waals surface area contributed by atoms with E-state index in [4.69, 9.17) is 9.98 Å². The number of imidazole rings is 1. The Hall–Kier alpha value is -2.27. The van der Waals surface area contributed by atoms with Crippen molar-refractivity contribution in [1.29, 1.82) is 0 Å². The molecule has 4 heterocycles. The van der Waals surface area contributed by atoms with Gasteiger partial charge in [0.2, 0.25) is 0 Å². The zero-order chi connectivity index (χ0) is 19.3. The third-order valence-electron chi connectivity index (χ3n) is 6.09. The Morgan fingerprint density at radius 1 is 1.11 bits per heavy atom. The van der Waals surface area contributed by atoms with Gasteiger partial charge in [0, 0.05) is 38.2 Å². The first-order valence-electron chi connectivity index (χ1n) is 10.6. The molecule has 0 bridgehead atoms. The van der Waals surface area contributed by atoms with Crippen molar-refractivity contribution in [2.24, 2.45) is 4.99 Å². The molecular formula is C23H31N5. The molecule has 1 fully saturated rings. The van der Waals surface area contributed by atoms with Crippen molar-refractivity contribution in [3.8, 4) is 0 Å². The largest absolute Gasteiger partial charge is 0.337 e. The first kappa shape index (κ1) is 19.1. The standard InChI is InChI=1S/C23H31N5/c1-18-7-4-11-25-22(18)20-9-3-10-21(23-19(2)8-5-12-26-23)28(20)15-6-14-27-16-13-24-17-27/h4,7-8,11,13,16-17,20-21H,3,5-6,9-10,12,14-15H2,1-2H3. The highest BCUT2D eigenvalue weighted by molar-refractivity contribution is 6.04. The minimum Gasteiger partial charge on any atom is -0.337 e. The normalized spacial score (nSPS) is 23.4. The molecule has 4 rings (SSSR count). The molecule has 2 aromatic heterocycles. The van der Waals surface area contributed by atoms with Crippen molar-refractivity contribution in [2.75, 3.05) is 13.1 Å². The Bertz CT molecular complexity index is 836. The van der Waals surface area contributed by atoms with E-state index in [1.807, 2.05) is 31.0 Å². The number of hydrogen-bond acceptors (Lipinski definition) is 4. The quantitative estimate of drug-likeness (QED) is 0.751. The zero-order valence-electron chi connectivity index (χ0n) is 17.1. The summed E-state index contributed by atoms with van der Waals surface area (Å²) in [6.45, 7) is 7.41. The summed E-state index contributed by atoms with van der Waals surface area (Å²) in [6, 6.07) is 5.01. The van der Waals surface area contributed by atoms with Crippen LogP contribution in [-0.4, -0.2) is 44.3 Å². The van der Waals surface area contributed by atoms with Crippen LogP contribution in [-0.2, 0) is 6.54 Å². The molecule has 0 aromatic carbocycles. The molecule has 2 aliphatic rings. The van der Waals surface area contributed by atoms with Crippen molar-refractivity contribution < 1.29 is 0 Å². The van der Waals surface area contributed by atoms with Gasteiger partial charge in [0.1, 0.15) is 0 Å². The van der Waals surface area contributed by atoms with Crippen LogP contribution in [0.1, 0.15) is 56.3 Å². The van der Waals surface area contributed by atoms with E-state index >= 15 is 0 Å². The number of aliphatic imine (C=N–C) groups is 1. The van der Waals surface area contributed by atoms with Crippen molar-refractivity contribution in [3.63, 3.8) is 0 Å². The molecule has 0 radical (unpaired) electrons. The third kappa shape index (κ3) is 4.09. The number of likely N-dealkylation sites (tertiary alicyclic amines) is 1. The molecule has 1 saturated heterocycles. The molecule has 2 atom stereocenters. The summed E-state index contributed by atoms with van der Waals surface area (Å²) < 4.78 is 2.17. The van der Waals surface area contributed by atoms with Gasteiger partial charge in [-0.05, 0) is 63.2 Å². The summed E-state index contributed by atoms with van der Waals surface area (Å²) >= 11 is 0. The van der Waals surface area contributed by atoms with Gasteiger partial charge in [0.15, 0.2) is 0 Å². The van der Waals surface area contributed by atoms with Crippen LogP contribution in [0.4, 0.5) is 0 Å². The van der Waals surface area contributed by atoms with Gasteiger partial charge in [-0.15, -0.1) is 0 Å². The number of pyridine rings is 1. The van der Waals surface area contributed by atoms with Gasteiger partial charge in [-0.3, -0.25) is 14.9 Å². The molecule has 2 aliphatic heterocycles. The zero-order valence-corrected chi connectivity index (χ0v) is 17.1. The number of aromatic nitrogens is 3. The monoisotopic (exact) mass is 377 g/mol. The lowest BCUT2D eigenvalue weighted by Crippen LogP contribution is -2.48. The molecule has 0 aliphatic carbocycles. The van der Waals surface area contributed by atoms with Crippen molar-refractivity contribution in [3.05, 3.63) is 60.0 Å². The van der Waals surface area contributed by atoms with E-state index in [0.717, 1.165) is 32.5 Å². The fourth-order valence-electron chi connectivity index (χ4n) is 4.72. The van der Waals surface area contributed by atoms with Gasteiger partial charge in [-0.2, -0.15) is 0 Å². The molecule has 5 heteroatoms. The molecule has 28 heavy (non-hydrogen) atoms. The predicted octanol–water partition coefficient (Wildman–Crippen LogP) is 4.36. The fraction of sp³-hybridized carbons (Fsp3) is 0.522. The Kier molecular flexibility index (Phi) is 6.01. The van der Waals surface area contributed by atoms with Gasteiger partial charge in [-0.1, -0.05) is 12.1 Å². The van der Waals surface area contributed by atoms with Crippen LogP contribution < -0.4 is 0 Å². The van der Waals surface area contributed by atoms with E-state index < -0.39 is 0 Å². The second kappa shape index (κ2) is 8.82. The molecule has 0 N–H and O–H groups in total. The maximum Gasteiger partial charge on any atom is 0.0945 e. The maximum atomic E-state index is 4.96. The first-order chi connectivity index (χ1) is 13.7. The molecule has 0 saturated carbocycles. The minimum atomic E-state index is 0.375. The van der Waals surface area contributed by atoms with Gasteiger partial charge in [0.05, 0.1) is 29.8 Å². The average molecular weight is 378 g/mol. The first-order valence-corrected chi connectivity index (χ1v) is 10.6. The predicted molar refractivity (Wildman–Crippen MR) is 114 cm³/mol. The molecule has 5 nitrogen and oxygen atoms in total. The highest BCUT2D eigenvalue weighted by Gasteiger charge is 2.36. The molecule has 148 valence electrons. The topological polar surface area (TPSA) is 46.3 Å². The molecule has 2 unspecified atom stereocenters. The number of nitrogens with zero attached hydrogens (tertiary/aromatic N) is 5. The van der Waals surface area contributed by atoms with Crippen LogP contribution in [0, 0.1) is 6.92 Å². The molecule has 0 amide bonds. The van der Waals surface area contributed by atoms with Crippen LogP contribution in [0.5, 0.6) is 0 Å². The van der Waals surface area contributed by atoms with Gasteiger partial charge in [-0.25, -0.2) is 4.98 Å². The van der Waals surface area contributed by atoms with E-state index in [9.17, 15) is 0 Å². The Morgan fingerprint density at radius 3 is 2.79 bits per heavy atom. The second-order valence-electron chi connectivity index (χ2n) is 8.00. The Labute approximate surface area is 168 Å². The van der Waals surface area contributed by atoms with E-state index in [2.05, 4.69) is 40.4 Å². The summed E-state index contributed by atoms with van der Waals surface area (Å²) in [5, 5.41) is 0. The number of dihydropyridines is 1. The van der Waals surface area contributed by atoms with Gasteiger partial charge in [0.25, 0.3) is 0 Å². The summed E-state index contributed by atoms with van der Waals surface area (Å²) in [5.41, 5.74) is 5.22. The number of hydrogen-bond donors (Lipinski definition) is 0. The minimum absolute atomic E-state index is 0.375. The van der Waals surface area contributed by atoms with E-state index in [0.29, 0.717) is 12.1 Å². The number of aryl methyl sites for hydroxylation is 2. The summed E-state index contributed by atoms with van der Waals surface area (Å²) in [5.74, 6) is 0. The van der Waals surface area contributed by atoms with Crippen LogP contribution in [0.2, 0.25) is 0 Å². The third-order valence-corrected chi connectivity index (χ3v) is 6.09. The van der Waals surface area contributed by atoms with E-state index in [1.165, 1.54) is 41.8 Å². The SMILES string of the molecule is CC1=CCCN=C1C1CCCC(c2ncccc2C)N1CCCn1ccnc1. The summed E-state index contributed by atoms with van der Waals surface area (Å²) in [4.78, 5) is 16.6. The van der Waals surface area contributed by atoms with E-state index in [-0.39, 0.29) is 0 Å². The van der Waals surface area contributed by atoms with Crippen LogP contribution in [0.25, 0.3) is 0 Å². The Balaban J connectivity index is 1.59. The average Bonchev–Trinajstić information content (AvgIpc) is 3.23. The van der Waals surface area contributed by atoms with Gasteiger partial charge >= 0.3 is 0 Å². The lowest BCUT2D eigenvalue weighted by Gasteiger charge is -2.43. The van der Waals surface area contributed by atoms with Crippen molar-refractivity contribution in [1.82, 2.24) is 19.4 Å². The van der Waals surface area contributed by atoms with Crippen LogP contribution >= 0.6 is 0 Å². The Morgan fingerprint density at radius 2 is 2.00 bits per heavy atom. The van der Waals surface area contributed by atoms with Crippen molar-refractivity contribution in [2.45, 2.75) is 64.6 Å². The smallest absolute Gasteiger partial charge is 0.0945 e. The lowest BCUT2D eigenvalue weighted by molar-refractivity contribution is 0.111. The second-order valence-corrected chi connectivity index (χ2v) is 8.00. The molecule has 0 spiro atoms. The highest BCUT2D eigenvalue weighted by Crippen LogP contribution is 2.36. The van der Waals surface area contributed by atoms with Gasteiger partial charge < -0.3 is 4.57 Å².